The summed E-state index contributed by atoms with van der Waals surface area (Å²) < 4.78 is -0.0998. The summed E-state index contributed by atoms with van der Waals surface area (Å²) in [4.78, 5) is 15.0. The first-order valence-corrected chi connectivity index (χ1v) is 9.41. The van der Waals surface area contributed by atoms with E-state index < -0.39 is 0 Å². The molecule has 24 heavy (non-hydrogen) atoms. The average molecular weight is 329 g/mol. The van der Waals surface area contributed by atoms with Crippen LogP contribution >= 0.6 is 0 Å². The number of carbonyl (C=O) groups excluding carboxylic acids is 1. The van der Waals surface area contributed by atoms with Crippen LogP contribution in [0.15, 0.2) is 30.3 Å². The van der Waals surface area contributed by atoms with E-state index in [-0.39, 0.29) is 16.6 Å². The van der Waals surface area contributed by atoms with Crippen molar-refractivity contribution in [1.29, 1.82) is 0 Å². The fourth-order valence-corrected chi connectivity index (χ4v) is 4.90. The van der Waals surface area contributed by atoms with Crippen LogP contribution in [-0.4, -0.2) is 53.4 Å². The van der Waals surface area contributed by atoms with Gasteiger partial charge in [0.1, 0.15) is 6.54 Å². The Labute approximate surface area is 144 Å². The highest BCUT2D eigenvalue weighted by Gasteiger charge is 2.57. The van der Waals surface area contributed by atoms with E-state index in [4.69, 9.17) is 0 Å². The summed E-state index contributed by atoms with van der Waals surface area (Å²) in [6.45, 7) is 2.39. The first-order valence-electron chi connectivity index (χ1n) is 9.41. The molecule has 1 amide bonds. The van der Waals surface area contributed by atoms with Crippen molar-refractivity contribution in [3.05, 3.63) is 35.9 Å². The molecule has 1 aliphatic carbocycles. The number of piperidine rings is 2. The second-order valence-electron chi connectivity index (χ2n) is 8.44. The minimum atomic E-state index is -0.260. The van der Waals surface area contributed by atoms with Crippen molar-refractivity contribution in [2.75, 3.05) is 26.7 Å². The summed E-state index contributed by atoms with van der Waals surface area (Å²) >= 11 is 0. The van der Waals surface area contributed by atoms with E-state index in [0.717, 1.165) is 45.3 Å². The van der Waals surface area contributed by atoms with E-state index >= 15 is 0 Å². The van der Waals surface area contributed by atoms with Gasteiger partial charge in [-0.3, -0.25) is 4.79 Å². The molecule has 3 fully saturated rings. The van der Waals surface area contributed by atoms with Gasteiger partial charge in [0.2, 0.25) is 0 Å². The molecule has 130 valence electrons. The van der Waals surface area contributed by atoms with Crippen LogP contribution in [0.4, 0.5) is 0 Å². The van der Waals surface area contributed by atoms with Gasteiger partial charge in [0.15, 0.2) is 6.04 Å². The molecule has 4 heteroatoms. The van der Waals surface area contributed by atoms with Crippen molar-refractivity contribution >= 4 is 5.91 Å². The maximum atomic E-state index is 13.0. The molecule has 0 radical (unpaired) electrons. The molecule has 0 bridgehead atoms. The van der Waals surface area contributed by atoms with E-state index in [1.54, 1.807) is 0 Å². The van der Waals surface area contributed by atoms with Crippen molar-refractivity contribution in [2.45, 2.75) is 50.5 Å². The van der Waals surface area contributed by atoms with Gasteiger partial charge < -0.3 is 4.90 Å². The van der Waals surface area contributed by atoms with Gasteiger partial charge in [-0.05, 0) is 43.6 Å². The summed E-state index contributed by atoms with van der Waals surface area (Å²) in [5, 5.41) is 10.8. The van der Waals surface area contributed by atoms with Crippen LogP contribution < -0.4 is 0 Å². The molecular formula is C20H29N2O2+. The SMILES string of the molecule is C[N+]1(O)CC2(CC[C@H]1C(=O)N1CCC(c3ccccc3)CC1)CC2. The van der Waals surface area contributed by atoms with Crippen LogP contribution in [0.1, 0.15) is 50.0 Å². The van der Waals surface area contributed by atoms with Crippen LogP contribution in [-0.2, 0) is 4.79 Å². The largest absolute Gasteiger partial charge is 0.337 e. The fraction of sp³-hybridized carbons (Fsp3) is 0.650. The van der Waals surface area contributed by atoms with Gasteiger partial charge >= 0.3 is 0 Å². The molecule has 2 aliphatic heterocycles. The lowest BCUT2D eigenvalue weighted by Gasteiger charge is -2.43. The summed E-state index contributed by atoms with van der Waals surface area (Å²) in [5.74, 6) is 0.730. The zero-order chi connectivity index (χ0) is 16.8. The molecule has 1 N–H and O–H groups in total. The number of hydroxylamine groups is 3. The normalized spacial score (nSPS) is 32.8. The Hall–Kier alpha value is -1.39. The molecule has 1 aromatic rings. The van der Waals surface area contributed by atoms with Crippen LogP contribution in [0.5, 0.6) is 0 Å². The van der Waals surface area contributed by atoms with Crippen LogP contribution in [0.3, 0.4) is 0 Å². The van der Waals surface area contributed by atoms with Crippen molar-refractivity contribution < 1.29 is 14.6 Å². The van der Waals surface area contributed by atoms with E-state index in [1.807, 2.05) is 11.9 Å². The number of amides is 1. The van der Waals surface area contributed by atoms with Gasteiger partial charge in [0, 0.05) is 24.9 Å². The van der Waals surface area contributed by atoms with Crippen molar-refractivity contribution in [3.8, 4) is 0 Å². The lowest BCUT2D eigenvalue weighted by molar-refractivity contribution is -1.11. The molecule has 2 atom stereocenters. The molecule has 1 unspecified atom stereocenters. The average Bonchev–Trinajstić information content (AvgIpc) is 3.33. The summed E-state index contributed by atoms with van der Waals surface area (Å²) in [6.07, 6.45) is 6.46. The van der Waals surface area contributed by atoms with E-state index in [0.29, 0.717) is 11.3 Å². The minimum absolute atomic E-state index is 0.0998. The summed E-state index contributed by atoms with van der Waals surface area (Å²) in [5.41, 5.74) is 1.74. The Kier molecular flexibility index (Phi) is 3.92. The van der Waals surface area contributed by atoms with Gasteiger partial charge in [-0.2, -0.15) is 4.65 Å². The van der Waals surface area contributed by atoms with E-state index in [2.05, 4.69) is 30.3 Å². The Morgan fingerprint density at radius 1 is 1.12 bits per heavy atom. The Morgan fingerprint density at radius 3 is 2.38 bits per heavy atom. The first-order chi connectivity index (χ1) is 11.5. The third kappa shape index (κ3) is 2.98. The molecule has 4 rings (SSSR count). The van der Waals surface area contributed by atoms with Crippen molar-refractivity contribution in [1.82, 2.24) is 4.90 Å². The zero-order valence-corrected chi connectivity index (χ0v) is 14.7. The summed E-state index contributed by atoms with van der Waals surface area (Å²) in [6, 6.07) is 10.4. The minimum Gasteiger partial charge on any atom is -0.337 e. The maximum Gasteiger partial charge on any atom is 0.283 e. The number of benzene rings is 1. The lowest BCUT2D eigenvalue weighted by Crippen LogP contribution is -2.62. The number of carbonyl (C=O) groups is 1. The molecule has 4 nitrogen and oxygen atoms in total. The number of quaternary nitrogens is 1. The Balaban J connectivity index is 1.38. The molecule has 0 aromatic heterocycles. The fourth-order valence-electron chi connectivity index (χ4n) is 4.90. The van der Waals surface area contributed by atoms with Gasteiger partial charge in [0.05, 0.1) is 7.05 Å². The second kappa shape index (κ2) is 5.85. The number of likely N-dealkylation sites (N-methyl/N-ethyl adjacent to an activating group) is 1. The second-order valence-corrected chi connectivity index (χ2v) is 8.44. The molecule has 2 saturated heterocycles. The van der Waals surface area contributed by atoms with E-state index in [1.165, 1.54) is 18.4 Å². The highest BCUT2D eigenvalue weighted by molar-refractivity contribution is 5.81. The topological polar surface area (TPSA) is 40.5 Å². The van der Waals surface area contributed by atoms with Gasteiger partial charge in [-0.15, -0.1) is 0 Å². The van der Waals surface area contributed by atoms with Crippen LogP contribution in [0.25, 0.3) is 0 Å². The monoisotopic (exact) mass is 329 g/mol. The van der Waals surface area contributed by atoms with Gasteiger partial charge in [0.25, 0.3) is 5.91 Å². The number of hydrogen-bond acceptors (Lipinski definition) is 2. The maximum absolute atomic E-state index is 13.0. The van der Waals surface area contributed by atoms with E-state index in [9.17, 15) is 10.0 Å². The highest BCUT2D eigenvalue weighted by atomic mass is 16.5. The molecule has 1 aromatic carbocycles. The van der Waals surface area contributed by atoms with Crippen LogP contribution in [0.2, 0.25) is 0 Å². The predicted molar refractivity (Wildman–Crippen MR) is 92.5 cm³/mol. The predicted octanol–water partition coefficient (Wildman–Crippen LogP) is 3.17. The molecule has 1 spiro atoms. The summed E-state index contributed by atoms with van der Waals surface area (Å²) in [7, 11) is 1.83. The standard InChI is InChI=1S/C20H29N2O2/c1-22(24)15-20(11-12-20)10-7-18(22)19(23)21-13-8-17(9-14-21)16-5-3-2-4-6-16/h2-6,17-18,24H,7-15H2,1H3/q+1/t18-,22?/m0/s1. The Bertz CT molecular complexity index is 601. The van der Waals surface area contributed by atoms with Crippen LogP contribution in [0, 0.1) is 5.41 Å². The molecule has 1 saturated carbocycles. The molecular weight excluding hydrogens is 300 g/mol. The smallest absolute Gasteiger partial charge is 0.283 e. The third-order valence-electron chi connectivity index (χ3n) is 6.59. The highest BCUT2D eigenvalue weighted by Crippen LogP contribution is 2.54. The quantitative estimate of drug-likeness (QED) is 0.847. The van der Waals surface area contributed by atoms with Crippen molar-refractivity contribution in [3.63, 3.8) is 0 Å². The Morgan fingerprint density at radius 2 is 1.79 bits per heavy atom. The zero-order valence-electron chi connectivity index (χ0n) is 14.7. The number of hydrogen-bond donors (Lipinski definition) is 1. The first kappa shape index (κ1) is 16.1. The lowest BCUT2D eigenvalue weighted by atomic mass is 9.87. The number of likely N-dealkylation sites (tertiary alicyclic amines) is 2. The third-order valence-corrected chi connectivity index (χ3v) is 6.59. The van der Waals surface area contributed by atoms with Crippen molar-refractivity contribution in [2.24, 2.45) is 5.41 Å². The van der Waals surface area contributed by atoms with Gasteiger partial charge in [-0.25, -0.2) is 5.21 Å². The van der Waals surface area contributed by atoms with Gasteiger partial charge in [-0.1, -0.05) is 30.3 Å². The number of nitrogens with zero attached hydrogens (tertiary/aromatic N) is 2. The molecule has 2 heterocycles. The number of rotatable bonds is 2. The molecule has 3 aliphatic rings.